The molecule has 0 radical (unpaired) electrons. The number of hydrogen-bond donors (Lipinski definition) is 4. The van der Waals surface area contributed by atoms with Crippen molar-refractivity contribution in [2.45, 2.75) is 51.3 Å². The number of para-hydroxylation sites is 1. The van der Waals surface area contributed by atoms with Crippen molar-refractivity contribution in [2.24, 2.45) is 5.92 Å². The predicted octanol–water partition coefficient (Wildman–Crippen LogP) is 1.58. The quantitative estimate of drug-likeness (QED) is 0.569. The third-order valence-electron chi connectivity index (χ3n) is 5.36. The van der Waals surface area contributed by atoms with Crippen molar-refractivity contribution in [1.82, 2.24) is 25.8 Å². The largest absolute Gasteiger partial charge is 0.456 e. The average Bonchev–Trinajstić information content (AvgIpc) is 3.12. The normalized spacial score (nSPS) is 23.8. The van der Waals surface area contributed by atoms with E-state index >= 15 is 0 Å². The minimum atomic E-state index is -0.339. The Bertz CT molecular complexity index is 860. The van der Waals surface area contributed by atoms with Crippen LogP contribution in [0.1, 0.15) is 37.1 Å². The van der Waals surface area contributed by atoms with Gasteiger partial charge in [-0.15, -0.1) is 0 Å². The topological polar surface area (TPSA) is 127 Å². The van der Waals surface area contributed by atoms with Crippen molar-refractivity contribution in [3.63, 3.8) is 0 Å². The van der Waals surface area contributed by atoms with Gasteiger partial charge in [0.05, 0.1) is 0 Å². The number of fused-ring (bicyclic) bond motifs is 1. The van der Waals surface area contributed by atoms with E-state index in [2.05, 4.69) is 31.1 Å². The molecule has 1 aromatic carbocycles. The number of benzene rings is 1. The lowest BCUT2D eigenvalue weighted by Gasteiger charge is -2.26. The molecule has 3 atom stereocenters. The fourth-order valence-corrected chi connectivity index (χ4v) is 3.89. The van der Waals surface area contributed by atoms with Crippen molar-refractivity contribution in [3.8, 4) is 0 Å². The number of esters is 1. The van der Waals surface area contributed by atoms with Crippen molar-refractivity contribution < 1.29 is 9.53 Å². The summed E-state index contributed by atoms with van der Waals surface area (Å²) in [5.74, 6) is 0.673. The molecule has 2 aromatic rings. The number of hydrogen-bond acceptors (Lipinski definition) is 9. The van der Waals surface area contributed by atoms with E-state index in [-0.39, 0.29) is 30.5 Å². The van der Waals surface area contributed by atoms with Gasteiger partial charge in [-0.3, -0.25) is 10.2 Å². The van der Waals surface area contributed by atoms with E-state index in [1.165, 1.54) is 6.42 Å². The maximum absolute atomic E-state index is 12.5. The first kappa shape index (κ1) is 18.6. The van der Waals surface area contributed by atoms with E-state index in [1.54, 1.807) is 0 Å². The lowest BCUT2D eigenvalue weighted by molar-refractivity contribution is -0.148. The molecule has 5 N–H and O–H groups in total. The number of nitrogens with zero attached hydrogens (tertiary/aromatic N) is 3. The second kappa shape index (κ2) is 8.07. The number of ether oxygens (including phenoxy) is 1. The number of carbonyl (C=O) groups is 1. The number of hydrazine groups is 1. The van der Waals surface area contributed by atoms with Crippen LogP contribution >= 0.6 is 0 Å². The Balaban J connectivity index is 1.40. The van der Waals surface area contributed by atoms with Gasteiger partial charge < -0.3 is 15.8 Å². The van der Waals surface area contributed by atoms with Crippen LogP contribution in [0.15, 0.2) is 24.3 Å². The Hall–Kier alpha value is -2.78. The number of aryl methyl sites for hydroxylation is 1. The van der Waals surface area contributed by atoms with Crippen LogP contribution in [-0.4, -0.2) is 33.0 Å². The highest BCUT2D eigenvalue weighted by Gasteiger charge is 2.41. The van der Waals surface area contributed by atoms with Gasteiger partial charge in [-0.05, 0) is 31.4 Å². The van der Waals surface area contributed by atoms with Crippen LogP contribution < -0.4 is 21.9 Å². The monoisotopic (exact) mass is 383 g/mol. The number of anilines is 3. The van der Waals surface area contributed by atoms with E-state index in [0.29, 0.717) is 17.8 Å². The summed E-state index contributed by atoms with van der Waals surface area (Å²) in [7, 11) is 0. The molecule has 1 aliphatic carbocycles. The predicted molar refractivity (Wildman–Crippen MR) is 104 cm³/mol. The number of carbonyl (C=O) groups excluding carboxylic acids is 1. The summed E-state index contributed by atoms with van der Waals surface area (Å²) in [4.78, 5) is 25.1. The molecule has 4 rings (SSSR count). The number of nitrogen functional groups attached to an aromatic ring is 1. The first-order valence-electron chi connectivity index (χ1n) is 9.61. The minimum absolute atomic E-state index is 0.0520. The van der Waals surface area contributed by atoms with Crippen molar-refractivity contribution in [2.75, 3.05) is 11.1 Å². The zero-order valence-electron chi connectivity index (χ0n) is 15.8. The van der Waals surface area contributed by atoms with Crippen LogP contribution in [-0.2, 0) is 16.1 Å². The highest BCUT2D eigenvalue weighted by atomic mass is 16.5. The van der Waals surface area contributed by atoms with Crippen LogP contribution in [0, 0.1) is 12.8 Å². The molecular weight excluding hydrogens is 358 g/mol. The molecule has 1 saturated heterocycles. The summed E-state index contributed by atoms with van der Waals surface area (Å²) in [5.41, 5.74) is 14.0. The molecule has 28 heavy (non-hydrogen) atoms. The highest BCUT2D eigenvalue weighted by molar-refractivity contribution is 5.76. The SMILES string of the molecule is Cc1ccccc1Nc1nc(N)nc(COC(=O)C2NNC3CCCCC32)n1. The lowest BCUT2D eigenvalue weighted by atomic mass is 9.82. The molecule has 3 unspecified atom stereocenters. The van der Waals surface area contributed by atoms with E-state index in [9.17, 15) is 4.79 Å². The van der Waals surface area contributed by atoms with Crippen LogP contribution in [0.25, 0.3) is 0 Å². The van der Waals surface area contributed by atoms with Crippen LogP contribution in [0.4, 0.5) is 17.6 Å². The Morgan fingerprint density at radius 2 is 2.04 bits per heavy atom. The molecule has 1 aliphatic heterocycles. The molecule has 0 amide bonds. The van der Waals surface area contributed by atoms with Gasteiger partial charge in [0.25, 0.3) is 0 Å². The third-order valence-corrected chi connectivity index (χ3v) is 5.36. The van der Waals surface area contributed by atoms with Crippen molar-refractivity contribution in [1.29, 1.82) is 0 Å². The van der Waals surface area contributed by atoms with Gasteiger partial charge in [-0.25, -0.2) is 5.43 Å². The molecule has 2 fully saturated rings. The summed E-state index contributed by atoms with van der Waals surface area (Å²) in [5, 5.41) is 3.13. The summed E-state index contributed by atoms with van der Waals surface area (Å²) >= 11 is 0. The van der Waals surface area contributed by atoms with E-state index in [0.717, 1.165) is 30.5 Å². The Morgan fingerprint density at radius 3 is 2.89 bits per heavy atom. The molecular formula is C19H25N7O2. The molecule has 9 heteroatoms. The Morgan fingerprint density at radius 1 is 1.21 bits per heavy atom. The summed E-state index contributed by atoms with van der Waals surface area (Å²) in [6.45, 7) is 1.93. The lowest BCUT2D eigenvalue weighted by Crippen LogP contribution is -2.40. The fourth-order valence-electron chi connectivity index (χ4n) is 3.89. The summed E-state index contributed by atoms with van der Waals surface area (Å²) < 4.78 is 5.47. The first-order chi connectivity index (χ1) is 13.6. The highest BCUT2D eigenvalue weighted by Crippen LogP contribution is 2.30. The van der Waals surface area contributed by atoms with Crippen molar-refractivity contribution >= 4 is 23.6 Å². The zero-order valence-corrected chi connectivity index (χ0v) is 15.8. The molecule has 9 nitrogen and oxygen atoms in total. The zero-order chi connectivity index (χ0) is 19.5. The average molecular weight is 383 g/mol. The van der Waals surface area contributed by atoms with E-state index < -0.39 is 0 Å². The molecule has 148 valence electrons. The summed E-state index contributed by atoms with van der Waals surface area (Å²) in [6, 6.07) is 7.78. The maximum Gasteiger partial charge on any atom is 0.325 e. The van der Waals surface area contributed by atoms with Gasteiger partial charge in [0.15, 0.2) is 12.4 Å². The molecule has 2 aliphatic rings. The van der Waals surface area contributed by atoms with Crippen molar-refractivity contribution in [3.05, 3.63) is 35.7 Å². The van der Waals surface area contributed by atoms with Gasteiger partial charge in [0.2, 0.25) is 11.9 Å². The van der Waals surface area contributed by atoms with Gasteiger partial charge in [0.1, 0.15) is 6.04 Å². The first-order valence-corrected chi connectivity index (χ1v) is 9.61. The van der Waals surface area contributed by atoms with E-state index in [1.807, 2.05) is 31.2 Å². The standard InChI is InChI=1S/C19H25N7O2/c1-11-6-2-4-8-13(11)21-19-23-15(22-18(20)24-19)10-28-17(27)16-12-7-3-5-9-14(12)25-26-16/h2,4,6,8,12,14,16,25-26H,3,5,7,9-10H2,1H3,(H3,20,21,22,23,24). The fraction of sp³-hybridized carbons (Fsp3) is 0.474. The van der Waals surface area contributed by atoms with Gasteiger partial charge in [-0.1, -0.05) is 31.0 Å². The molecule has 1 aromatic heterocycles. The van der Waals surface area contributed by atoms with Gasteiger partial charge in [0, 0.05) is 17.6 Å². The smallest absolute Gasteiger partial charge is 0.325 e. The Kier molecular flexibility index (Phi) is 5.36. The Labute approximate surface area is 163 Å². The second-order valence-electron chi connectivity index (χ2n) is 7.30. The van der Waals surface area contributed by atoms with Gasteiger partial charge in [-0.2, -0.15) is 15.0 Å². The van der Waals surface area contributed by atoms with Crippen LogP contribution in [0.5, 0.6) is 0 Å². The van der Waals surface area contributed by atoms with Crippen LogP contribution in [0.3, 0.4) is 0 Å². The number of nitrogens with two attached hydrogens (primary N) is 1. The third kappa shape index (κ3) is 4.05. The second-order valence-corrected chi connectivity index (χ2v) is 7.30. The molecule has 1 saturated carbocycles. The number of aromatic nitrogens is 3. The van der Waals surface area contributed by atoms with E-state index in [4.69, 9.17) is 10.5 Å². The van der Waals surface area contributed by atoms with Gasteiger partial charge >= 0.3 is 5.97 Å². The maximum atomic E-state index is 12.5. The molecule has 0 spiro atoms. The van der Waals surface area contributed by atoms with Crippen LogP contribution in [0.2, 0.25) is 0 Å². The number of rotatable bonds is 5. The number of nitrogens with one attached hydrogen (secondary N) is 3. The minimum Gasteiger partial charge on any atom is -0.456 e. The molecule has 0 bridgehead atoms. The summed E-state index contributed by atoms with van der Waals surface area (Å²) in [6.07, 6.45) is 4.44. The molecule has 2 heterocycles.